The Kier molecular flexibility index (Phi) is 7.41. The summed E-state index contributed by atoms with van der Waals surface area (Å²) in [6.07, 6.45) is 1.81. The van der Waals surface area contributed by atoms with Crippen LogP contribution in [0.3, 0.4) is 0 Å². The van der Waals surface area contributed by atoms with Crippen LogP contribution in [0.1, 0.15) is 29.2 Å². The summed E-state index contributed by atoms with van der Waals surface area (Å²) in [5.41, 5.74) is 3.07. The monoisotopic (exact) mass is 495 g/mol. The van der Waals surface area contributed by atoms with Gasteiger partial charge in [0.2, 0.25) is 5.91 Å². The molecule has 0 bridgehead atoms. The number of carboxylic acid groups (broad SMARTS) is 1. The Balaban J connectivity index is 1.42. The van der Waals surface area contributed by atoms with E-state index in [2.05, 4.69) is 0 Å². The summed E-state index contributed by atoms with van der Waals surface area (Å²) in [5.74, 6) is -0.989. The first-order chi connectivity index (χ1) is 16.7. The fraction of sp³-hybridized carbons (Fsp3) is 0.286. The van der Waals surface area contributed by atoms with E-state index in [0.29, 0.717) is 25.8 Å². The van der Waals surface area contributed by atoms with E-state index >= 15 is 0 Å². The molecule has 182 valence electrons. The van der Waals surface area contributed by atoms with Gasteiger partial charge in [-0.2, -0.15) is 0 Å². The van der Waals surface area contributed by atoms with Crippen LogP contribution in [-0.2, 0) is 35.3 Å². The highest BCUT2D eigenvalue weighted by Crippen LogP contribution is 2.38. The van der Waals surface area contributed by atoms with E-state index in [1.165, 1.54) is 11.0 Å². The zero-order valence-electron chi connectivity index (χ0n) is 19.5. The first kappa shape index (κ1) is 24.7. The highest BCUT2D eigenvalue weighted by Gasteiger charge is 2.35. The van der Waals surface area contributed by atoms with Crippen LogP contribution in [0.5, 0.6) is 5.75 Å². The Bertz CT molecular complexity index is 1230. The minimum atomic E-state index is -1.04. The van der Waals surface area contributed by atoms with Crippen LogP contribution in [0, 0.1) is 5.82 Å². The maximum Gasteiger partial charge on any atom is 0.323 e. The fourth-order valence-electron chi connectivity index (χ4n) is 4.52. The molecule has 3 aromatic carbocycles. The number of nitrogens with zero attached hydrogens (tertiary/aromatic N) is 1. The maximum atomic E-state index is 13.9. The number of rotatable bonds is 9. The number of carboxylic acids is 1. The van der Waals surface area contributed by atoms with Crippen molar-refractivity contribution in [2.75, 3.05) is 13.1 Å². The van der Waals surface area contributed by atoms with Crippen molar-refractivity contribution in [2.45, 2.75) is 38.2 Å². The lowest BCUT2D eigenvalue weighted by atomic mass is 9.91. The number of halogens is 2. The quantitative estimate of drug-likeness (QED) is 0.448. The summed E-state index contributed by atoms with van der Waals surface area (Å²) in [6, 6.07) is 20.1. The number of hydrogen-bond acceptors (Lipinski definition) is 3. The van der Waals surface area contributed by atoms with Crippen molar-refractivity contribution >= 4 is 23.5 Å². The van der Waals surface area contributed by atoms with Gasteiger partial charge in [0, 0.05) is 19.4 Å². The first-order valence-electron chi connectivity index (χ1n) is 11.5. The van der Waals surface area contributed by atoms with E-state index < -0.39 is 17.4 Å². The molecule has 1 aliphatic heterocycles. The molecule has 35 heavy (non-hydrogen) atoms. The molecule has 0 saturated carbocycles. The first-order valence-corrected chi connectivity index (χ1v) is 11.9. The predicted octanol–water partition coefficient (Wildman–Crippen LogP) is 5.11. The molecule has 1 unspecified atom stereocenters. The molecular formula is C28H27ClFNO4. The molecule has 1 heterocycles. The summed E-state index contributed by atoms with van der Waals surface area (Å²) in [5, 5.41) is 9.38. The largest absolute Gasteiger partial charge is 0.487 e. The minimum absolute atomic E-state index is 0.0875. The zero-order valence-corrected chi connectivity index (χ0v) is 20.2. The molecular weight excluding hydrogens is 469 g/mol. The van der Waals surface area contributed by atoms with Crippen molar-refractivity contribution in [1.82, 2.24) is 4.90 Å². The van der Waals surface area contributed by atoms with Crippen molar-refractivity contribution in [3.05, 3.63) is 99.8 Å². The number of hydrogen-bond donors (Lipinski definition) is 1. The van der Waals surface area contributed by atoms with Gasteiger partial charge in [-0.3, -0.25) is 9.59 Å². The van der Waals surface area contributed by atoms with Gasteiger partial charge in [-0.1, -0.05) is 60.1 Å². The second-order valence-corrected chi connectivity index (χ2v) is 9.62. The topological polar surface area (TPSA) is 66.8 Å². The van der Waals surface area contributed by atoms with Gasteiger partial charge < -0.3 is 14.7 Å². The van der Waals surface area contributed by atoms with E-state index in [1.807, 2.05) is 55.5 Å². The van der Waals surface area contributed by atoms with Gasteiger partial charge in [-0.25, -0.2) is 4.39 Å². The Hall–Kier alpha value is -3.38. The third-order valence-electron chi connectivity index (χ3n) is 6.16. The number of aliphatic carboxylic acids is 1. The summed E-state index contributed by atoms with van der Waals surface area (Å²) < 4.78 is 20.1. The van der Waals surface area contributed by atoms with Gasteiger partial charge in [0.15, 0.2) is 0 Å². The van der Waals surface area contributed by atoms with E-state index in [-0.39, 0.29) is 23.9 Å². The van der Waals surface area contributed by atoms with Gasteiger partial charge in [-0.05, 0) is 53.8 Å². The van der Waals surface area contributed by atoms with E-state index in [1.54, 1.807) is 12.1 Å². The molecule has 1 amide bonds. The number of ether oxygens (including phenoxy) is 1. The average Bonchev–Trinajstić information content (AvgIpc) is 3.14. The van der Waals surface area contributed by atoms with Crippen LogP contribution in [0.15, 0.2) is 66.7 Å². The molecule has 0 aromatic heterocycles. The zero-order chi connectivity index (χ0) is 25.0. The van der Waals surface area contributed by atoms with E-state index in [0.717, 1.165) is 28.0 Å². The summed E-state index contributed by atoms with van der Waals surface area (Å²) in [7, 11) is 0. The Labute approximate surface area is 209 Å². The van der Waals surface area contributed by atoms with Crippen LogP contribution in [0.4, 0.5) is 4.39 Å². The Morgan fingerprint density at radius 3 is 2.51 bits per heavy atom. The number of carbonyl (C=O) groups excluding carboxylic acids is 1. The van der Waals surface area contributed by atoms with Crippen molar-refractivity contribution in [1.29, 1.82) is 0 Å². The summed E-state index contributed by atoms with van der Waals surface area (Å²) >= 11 is 5.80. The number of amides is 1. The number of carbonyl (C=O) groups is 2. The molecule has 1 N–H and O–H groups in total. The van der Waals surface area contributed by atoms with Crippen LogP contribution in [0.25, 0.3) is 0 Å². The van der Waals surface area contributed by atoms with Crippen LogP contribution in [-0.4, -0.2) is 40.6 Å². The van der Waals surface area contributed by atoms with Gasteiger partial charge in [0.25, 0.3) is 0 Å². The molecule has 5 nitrogen and oxygen atoms in total. The lowest BCUT2D eigenvalue weighted by Crippen LogP contribution is -2.38. The van der Waals surface area contributed by atoms with Crippen LogP contribution in [0.2, 0.25) is 5.02 Å². The van der Waals surface area contributed by atoms with Crippen molar-refractivity contribution in [3.8, 4) is 5.75 Å². The maximum absolute atomic E-state index is 13.9. The lowest BCUT2D eigenvalue weighted by molar-refractivity contribution is -0.144. The van der Waals surface area contributed by atoms with E-state index in [4.69, 9.17) is 16.3 Å². The van der Waals surface area contributed by atoms with Gasteiger partial charge in [-0.15, -0.1) is 0 Å². The molecule has 0 aliphatic carbocycles. The molecule has 0 saturated heterocycles. The van der Waals surface area contributed by atoms with Crippen molar-refractivity contribution in [3.63, 3.8) is 0 Å². The molecule has 7 heteroatoms. The smallest absolute Gasteiger partial charge is 0.323 e. The highest BCUT2D eigenvalue weighted by atomic mass is 35.5. The highest BCUT2D eigenvalue weighted by molar-refractivity contribution is 6.30. The molecule has 4 rings (SSSR count). The molecule has 3 aromatic rings. The van der Waals surface area contributed by atoms with Crippen LogP contribution >= 0.6 is 11.6 Å². The molecule has 1 atom stereocenters. The second-order valence-electron chi connectivity index (χ2n) is 9.22. The third kappa shape index (κ3) is 6.40. The number of fused-ring (bicyclic) bond motifs is 1. The lowest BCUT2D eigenvalue weighted by Gasteiger charge is -2.24. The van der Waals surface area contributed by atoms with E-state index in [9.17, 15) is 19.1 Å². The Morgan fingerprint density at radius 2 is 1.80 bits per heavy atom. The van der Waals surface area contributed by atoms with Crippen LogP contribution < -0.4 is 4.74 Å². The Morgan fingerprint density at radius 1 is 1.06 bits per heavy atom. The van der Waals surface area contributed by atoms with Gasteiger partial charge in [0.1, 0.15) is 23.7 Å². The van der Waals surface area contributed by atoms with Crippen molar-refractivity contribution in [2.24, 2.45) is 0 Å². The normalized spacial score (nSPS) is 16.4. The fourth-order valence-corrected chi connectivity index (χ4v) is 4.63. The summed E-state index contributed by atoms with van der Waals surface area (Å²) in [6.45, 7) is 1.97. The SMILES string of the molecule is CC1(Cc2ccc(Cl)c(F)c2)Cc2cc(CC(=O)N(CCc3ccccc3)CC(=O)O)ccc2O1. The average molecular weight is 496 g/mol. The predicted molar refractivity (Wildman–Crippen MR) is 132 cm³/mol. The van der Waals surface area contributed by atoms with Gasteiger partial charge in [0.05, 0.1) is 11.4 Å². The molecule has 1 aliphatic rings. The minimum Gasteiger partial charge on any atom is -0.487 e. The number of benzene rings is 3. The standard InChI is InChI=1S/C28H27ClFNO4/c1-28(16-21-7-9-23(29)24(30)14-21)17-22-13-20(8-10-25(22)35-28)15-26(32)31(18-27(33)34)12-11-19-5-3-2-4-6-19/h2-10,13-14H,11-12,15-18H2,1H3,(H,33,34). The molecule has 0 fully saturated rings. The molecule has 0 radical (unpaired) electrons. The molecule has 0 spiro atoms. The third-order valence-corrected chi connectivity index (χ3v) is 6.46. The van der Waals surface area contributed by atoms with Gasteiger partial charge >= 0.3 is 5.97 Å². The summed E-state index contributed by atoms with van der Waals surface area (Å²) in [4.78, 5) is 25.7. The second kappa shape index (κ2) is 10.5. The van der Waals surface area contributed by atoms with Crippen molar-refractivity contribution < 1.29 is 23.8 Å².